The minimum Gasteiger partial charge on any atom is -0.292 e. The molecule has 2 aliphatic rings. The maximum atomic E-state index is 13.4. The van der Waals surface area contributed by atoms with Gasteiger partial charge in [-0.15, -0.1) is 0 Å². The zero-order chi connectivity index (χ0) is 14.9. The number of hydrogen-bond donors (Lipinski definition) is 0. The van der Waals surface area contributed by atoms with E-state index in [-0.39, 0.29) is 5.54 Å². The van der Waals surface area contributed by atoms with Crippen LogP contribution in [-0.4, -0.2) is 29.3 Å². The number of carbonyl (C=O) groups excluding carboxylic acids is 1. The lowest BCUT2D eigenvalue weighted by Gasteiger charge is -2.42. The van der Waals surface area contributed by atoms with Gasteiger partial charge >= 0.3 is 0 Å². The van der Waals surface area contributed by atoms with E-state index in [0.717, 1.165) is 37.1 Å². The summed E-state index contributed by atoms with van der Waals surface area (Å²) in [6, 6.07) is 6.28. The van der Waals surface area contributed by atoms with Crippen LogP contribution in [0, 0.1) is 13.8 Å². The molecule has 0 unspecified atom stereocenters. The lowest BCUT2D eigenvalue weighted by molar-refractivity contribution is 0.0477. The van der Waals surface area contributed by atoms with E-state index < -0.39 is 0 Å². The van der Waals surface area contributed by atoms with Crippen LogP contribution in [0.5, 0.6) is 0 Å². The molecule has 0 atom stereocenters. The normalized spacial score (nSPS) is 22.4. The van der Waals surface area contributed by atoms with Crippen molar-refractivity contribution in [3.63, 3.8) is 0 Å². The van der Waals surface area contributed by atoms with Gasteiger partial charge in [0.2, 0.25) is 0 Å². The van der Waals surface area contributed by atoms with Gasteiger partial charge in [0.05, 0.1) is 5.54 Å². The zero-order valence-electron chi connectivity index (χ0n) is 13.5. The van der Waals surface area contributed by atoms with Crippen molar-refractivity contribution in [2.45, 2.75) is 64.3 Å². The molecule has 1 aliphatic heterocycles. The highest BCUT2D eigenvalue weighted by Gasteiger charge is 2.46. The van der Waals surface area contributed by atoms with Crippen molar-refractivity contribution >= 4 is 5.78 Å². The Morgan fingerprint density at radius 2 is 1.67 bits per heavy atom. The van der Waals surface area contributed by atoms with Crippen molar-refractivity contribution in [2.24, 2.45) is 0 Å². The van der Waals surface area contributed by atoms with E-state index in [4.69, 9.17) is 0 Å². The van der Waals surface area contributed by atoms with Gasteiger partial charge in [-0.05, 0) is 58.2 Å². The lowest BCUT2D eigenvalue weighted by atomic mass is 9.82. The van der Waals surface area contributed by atoms with Crippen LogP contribution in [0.3, 0.4) is 0 Å². The van der Waals surface area contributed by atoms with Crippen LogP contribution in [0.1, 0.15) is 66.4 Å². The second kappa shape index (κ2) is 5.92. The first kappa shape index (κ1) is 14.8. The van der Waals surface area contributed by atoms with E-state index in [1.807, 2.05) is 0 Å². The molecule has 0 N–H and O–H groups in total. The fraction of sp³-hybridized carbons (Fsp3) is 0.632. The Morgan fingerprint density at radius 1 is 1.00 bits per heavy atom. The van der Waals surface area contributed by atoms with Gasteiger partial charge in [0.15, 0.2) is 5.78 Å². The second-order valence-electron chi connectivity index (χ2n) is 6.93. The molecule has 0 bridgehead atoms. The number of ketones is 1. The van der Waals surface area contributed by atoms with Crippen molar-refractivity contribution in [3.8, 4) is 0 Å². The topological polar surface area (TPSA) is 20.3 Å². The van der Waals surface area contributed by atoms with Crippen molar-refractivity contribution in [1.29, 1.82) is 0 Å². The molecule has 2 fully saturated rings. The maximum Gasteiger partial charge on any atom is 0.183 e. The third kappa shape index (κ3) is 2.66. The number of carbonyl (C=O) groups is 1. The summed E-state index contributed by atoms with van der Waals surface area (Å²) < 4.78 is 0. The summed E-state index contributed by atoms with van der Waals surface area (Å²) in [5.74, 6) is 0.388. The number of benzene rings is 1. The van der Waals surface area contributed by atoms with Crippen LogP contribution in [0.15, 0.2) is 18.2 Å². The smallest absolute Gasteiger partial charge is 0.183 e. The first-order chi connectivity index (χ1) is 10.1. The number of aryl methyl sites for hydroxylation is 2. The molecular formula is C19H27NO. The average molecular weight is 285 g/mol. The van der Waals surface area contributed by atoms with Crippen molar-refractivity contribution in [3.05, 3.63) is 34.9 Å². The predicted octanol–water partition coefficient (Wildman–Crippen LogP) is 4.28. The summed E-state index contributed by atoms with van der Waals surface area (Å²) in [5, 5.41) is 0. The average Bonchev–Trinajstić information content (AvgIpc) is 2.98. The zero-order valence-corrected chi connectivity index (χ0v) is 13.5. The van der Waals surface area contributed by atoms with Gasteiger partial charge in [-0.3, -0.25) is 9.69 Å². The standard InChI is InChI=1S/C19H27NO/c1-15-8-9-17(16(2)14-15)18(21)19(10-4-5-11-19)20-12-6-3-7-13-20/h8-9,14H,3-7,10-13H2,1-2H3. The molecule has 2 nitrogen and oxygen atoms in total. The fourth-order valence-electron chi connectivity index (χ4n) is 4.29. The number of Topliss-reactive ketones (excluding diaryl/α,β-unsaturated/α-hetero) is 1. The largest absolute Gasteiger partial charge is 0.292 e. The highest BCUT2D eigenvalue weighted by Crippen LogP contribution is 2.40. The first-order valence-corrected chi connectivity index (χ1v) is 8.51. The summed E-state index contributed by atoms with van der Waals surface area (Å²) >= 11 is 0. The molecular weight excluding hydrogens is 258 g/mol. The van der Waals surface area contributed by atoms with Crippen LogP contribution < -0.4 is 0 Å². The Balaban J connectivity index is 1.94. The third-order valence-corrected chi connectivity index (χ3v) is 5.44. The SMILES string of the molecule is Cc1ccc(C(=O)C2(N3CCCCC3)CCCC2)c(C)c1. The molecule has 114 valence electrons. The van der Waals surface area contributed by atoms with E-state index in [1.54, 1.807) is 0 Å². The van der Waals surface area contributed by atoms with Crippen LogP contribution in [0.4, 0.5) is 0 Å². The van der Waals surface area contributed by atoms with Crippen molar-refractivity contribution < 1.29 is 4.79 Å². The van der Waals surface area contributed by atoms with Gasteiger partial charge in [-0.1, -0.05) is 43.0 Å². The molecule has 1 saturated heterocycles. The Kier molecular flexibility index (Phi) is 4.17. The Labute approximate surface area is 128 Å². The van der Waals surface area contributed by atoms with Crippen LogP contribution in [-0.2, 0) is 0 Å². The number of piperidine rings is 1. The van der Waals surface area contributed by atoms with Gasteiger partial charge in [0, 0.05) is 5.56 Å². The molecule has 1 aromatic carbocycles. The minimum absolute atomic E-state index is 0.194. The number of nitrogens with zero attached hydrogens (tertiary/aromatic N) is 1. The molecule has 1 aliphatic carbocycles. The van der Waals surface area contributed by atoms with E-state index in [9.17, 15) is 4.79 Å². The molecule has 0 aromatic heterocycles. The summed E-state index contributed by atoms with van der Waals surface area (Å²) in [6.07, 6.45) is 8.34. The fourth-order valence-corrected chi connectivity index (χ4v) is 4.29. The van der Waals surface area contributed by atoms with Crippen molar-refractivity contribution in [2.75, 3.05) is 13.1 Å². The quantitative estimate of drug-likeness (QED) is 0.772. The molecule has 21 heavy (non-hydrogen) atoms. The van der Waals surface area contributed by atoms with Gasteiger partial charge in [0.25, 0.3) is 0 Å². The third-order valence-electron chi connectivity index (χ3n) is 5.44. The van der Waals surface area contributed by atoms with E-state index >= 15 is 0 Å². The Hall–Kier alpha value is -1.15. The number of rotatable bonds is 3. The highest BCUT2D eigenvalue weighted by molar-refractivity contribution is 6.04. The van der Waals surface area contributed by atoms with Gasteiger partial charge in [-0.2, -0.15) is 0 Å². The van der Waals surface area contributed by atoms with Gasteiger partial charge < -0.3 is 0 Å². The molecule has 3 rings (SSSR count). The van der Waals surface area contributed by atoms with Crippen LogP contribution in [0.2, 0.25) is 0 Å². The molecule has 1 heterocycles. The van der Waals surface area contributed by atoms with Crippen LogP contribution >= 0.6 is 0 Å². The molecule has 0 radical (unpaired) electrons. The Bertz CT molecular complexity index is 522. The molecule has 0 spiro atoms. The second-order valence-corrected chi connectivity index (χ2v) is 6.93. The Morgan fingerprint density at radius 3 is 2.29 bits per heavy atom. The number of hydrogen-bond acceptors (Lipinski definition) is 2. The molecule has 1 saturated carbocycles. The highest BCUT2D eigenvalue weighted by atomic mass is 16.1. The van der Waals surface area contributed by atoms with E-state index in [0.29, 0.717) is 5.78 Å². The van der Waals surface area contributed by atoms with Crippen LogP contribution in [0.25, 0.3) is 0 Å². The lowest BCUT2D eigenvalue weighted by Crippen LogP contribution is -2.54. The minimum atomic E-state index is -0.194. The monoisotopic (exact) mass is 285 g/mol. The van der Waals surface area contributed by atoms with Gasteiger partial charge in [0.1, 0.15) is 0 Å². The molecule has 1 aromatic rings. The summed E-state index contributed by atoms with van der Waals surface area (Å²) in [6.45, 7) is 6.39. The van der Waals surface area contributed by atoms with E-state index in [1.165, 1.54) is 37.7 Å². The summed E-state index contributed by atoms with van der Waals surface area (Å²) in [7, 11) is 0. The number of likely N-dealkylation sites (tertiary alicyclic amines) is 1. The predicted molar refractivity (Wildman–Crippen MR) is 86.9 cm³/mol. The maximum absolute atomic E-state index is 13.4. The first-order valence-electron chi connectivity index (χ1n) is 8.51. The summed E-state index contributed by atoms with van der Waals surface area (Å²) in [4.78, 5) is 15.9. The summed E-state index contributed by atoms with van der Waals surface area (Å²) in [5.41, 5.74) is 3.14. The molecule has 2 heteroatoms. The van der Waals surface area contributed by atoms with E-state index in [2.05, 4.69) is 36.9 Å². The molecule has 0 amide bonds. The van der Waals surface area contributed by atoms with Gasteiger partial charge in [-0.25, -0.2) is 0 Å². The van der Waals surface area contributed by atoms with Crippen molar-refractivity contribution in [1.82, 2.24) is 4.90 Å².